The van der Waals surface area contributed by atoms with Crippen LogP contribution in [-0.2, 0) is 0 Å². The molecular formula is C21H47IN6. The standard InChI is InChI=1S/C21H46N6.HI/c1-7-22-21(24-12-9-16-27(19(2)3)20(4)5)23-11-8-14-26-15-10-13-25(6)17-18-26;/h19-20H,7-18H2,1-6H3,(H2,22,23,24);1H. The molecule has 1 aliphatic rings. The van der Waals surface area contributed by atoms with Crippen LogP contribution in [-0.4, -0.2) is 98.7 Å². The molecule has 6 nitrogen and oxygen atoms in total. The fraction of sp³-hybridized carbons (Fsp3) is 0.952. The fourth-order valence-corrected chi connectivity index (χ4v) is 3.73. The lowest BCUT2D eigenvalue weighted by atomic mass is 10.2. The van der Waals surface area contributed by atoms with Gasteiger partial charge >= 0.3 is 0 Å². The molecule has 0 aliphatic carbocycles. The third kappa shape index (κ3) is 12.4. The van der Waals surface area contributed by atoms with Gasteiger partial charge < -0.3 is 20.4 Å². The Balaban J connectivity index is 0.00000729. The monoisotopic (exact) mass is 510 g/mol. The van der Waals surface area contributed by atoms with Crippen molar-refractivity contribution in [1.82, 2.24) is 25.3 Å². The van der Waals surface area contributed by atoms with E-state index in [1.807, 2.05) is 0 Å². The summed E-state index contributed by atoms with van der Waals surface area (Å²) in [5, 5.41) is 6.88. The molecular weight excluding hydrogens is 463 g/mol. The van der Waals surface area contributed by atoms with E-state index < -0.39 is 0 Å². The maximum atomic E-state index is 4.76. The molecule has 0 aromatic heterocycles. The predicted molar refractivity (Wildman–Crippen MR) is 134 cm³/mol. The molecule has 1 saturated heterocycles. The Kier molecular flexibility index (Phi) is 16.6. The number of hydrogen-bond donors (Lipinski definition) is 2. The van der Waals surface area contributed by atoms with E-state index in [0.29, 0.717) is 12.1 Å². The number of guanidine groups is 1. The number of nitrogens with one attached hydrogen (secondary N) is 2. The minimum atomic E-state index is 0. The maximum Gasteiger partial charge on any atom is 0.191 e. The molecule has 0 atom stereocenters. The van der Waals surface area contributed by atoms with Gasteiger partial charge in [-0.1, -0.05) is 0 Å². The van der Waals surface area contributed by atoms with Crippen LogP contribution in [0.2, 0.25) is 0 Å². The zero-order valence-corrected chi connectivity index (χ0v) is 21.7. The van der Waals surface area contributed by atoms with Gasteiger partial charge in [0.1, 0.15) is 0 Å². The Bertz CT molecular complexity index is 394. The first-order valence-electron chi connectivity index (χ1n) is 11.1. The minimum Gasteiger partial charge on any atom is -0.357 e. The molecule has 0 radical (unpaired) electrons. The van der Waals surface area contributed by atoms with Gasteiger partial charge in [-0.15, -0.1) is 24.0 Å². The third-order valence-electron chi connectivity index (χ3n) is 5.27. The highest BCUT2D eigenvalue weighted by atomic mass is 127. The number of rotatable bonds is 11. The number of likely N-dealkylation sites (N-methyl/N-ethyl adjacent to an activating group) is 1. The molecule has 7 heteroatoms. The lowest BCUT2D eigenvalue weighted by Crippen LogP contribution is -2.40. The molecule has 0 amide bonds. The number of nitrogens with zero attached hydrogens (tertiary/aromatic N) is 4. The highest BCUT2D eigenvalue weighted by molar-refractivity contribution is 14.0. The topological polar surface area (TPSA) is 46.1 Å². The molecule has 168 valence electrons. The average molecular weight is 511 g/mol. The molecule has 0 aromatic carbocycles. The van der Waals surface area contributed by atoms with Crippen LogP contribution in [0, 0.1) is 0 Å². The van der Waals surface area contributed by atoms with Gasteiger partial charge in [-0.25, -0.2) is 0 Å². The summed E-state index contributed by atoms with van der Waals surface area (Å²) in [6.07, 6.45) is 3.56. The summed E-state index contributed by atoms with van der Waals surface area (Å²) in [5.41, 5.74) is 0. The number of aliphatic imine (C=N–C) groups is 1. The van der Waals surface area contributed by atoms with E-state index in [1.54, 1.807) is 0 Å². The highest BCUT2D eigenvalue weighted by Crippen LogP contribution is 2.05. The Morgan fingerprint density at radius 2 is 1.71 bits per heavy atom. The Labute approximate surface area is 191 Å². The fourth-order valence-electron chi connectivity index (χ4n) is 3.73. The van der Waals surface area contributed by atoms with Crippen molar-refractivity contribution in [1.29, 1.82) is 0 Å². The van der Waals surface area contributed by atoms with Crippen LogP contribution in [0.15, 0.2) is 4.99 Å². The van der Waals surface area contributed by atoms with Crippen molar-refractivity contribution in [3.63, 3.8) is 0 Å². The molecule has 1 fully saturated rings. The quantitative estimate of drug-likeness (QED) is 0.194. The third-order valence-corrected chi connectivity index (χ3v) is 5.27. The molecule has 0 unspecified atom stereocenters. The van der Waals surface area contributed by atoms with Crippen LogP contribution in [0.25, 0.3) is 0 Å². The molecule has 0 saturated carbocycles. The van der Waals surface area contributed by atoms with Crippen LogP contribution < -0.4 is 10.6 Å². The predicted octanol–water partition coefficient (Wildman–Crippen LogP) is 2.70. The van der Waals surface area contributed by atoms with Crippen molar-refractivity contribution < 1.29 is 0 Å². The van der Waals surface area contributed by atoms with Crippen molar-refractivity contribution in [2.24, 2.45) is 4.99 Å². The SMILES string of the molecule is CCNC(=NCCCN(C(C)C)C(C)C)NCCCN1CCCN(C)CC1.I. The number of hydrogen-bond acceptors (Lipinski definition) is 4. The van der Waals surface area contributed by atoms with Crippen molar-refractivity contribution in [3.05, 3.63) is 0 Å². The van der Waals surface area contributed by atoms with Gasteiger partial charge in [-0.2, -0.15) is 0 Å². The van der Waals surface area contributed by atoms with Gasteiger partial charge in [0, 0.05) is 51.4 Å². The Hall–Kier alpha value is -0.120. The van der Waals surface area contributed by atoms with Crippen molar-refractivity contribution in [3.8, 4) is 0 Å². The second kappa shape index (κ2) is 16.7. The molecule has 1 rings (SSSR count). The minimum absolute atomic E-state index is 0. The van der Waals surface area contributed by atoms with Gasteiger partial charge in [0.15, 0.2) is 5.96 Å². The molecule has 1 aliphatic heterocycles. The van der Waals surface area contributed by atoms with E-state index in [-0.39, 0.29) is 24.0 Å². The lowest BCUT2D eigenvalue weighted by Gasteiger charge is -2.30. The van der Waals surface area contributed by atoms with Crippen LogP contribution in [0.1, 0.15) is 53.9 Å². The second-order valence-corrected chi connectivity index (χ2v) is 8.32. The van der Waals surface area contributed by atoms with E-state index in [1.165, 1.54) is 45.6 Å². The van der Waals surface area contributed by atoms with Crippen molar-refractivity contribution >= 4 is 29.9 Å². The first-order chi connectivity index (χ1) is 12.9. The van der Waals surface area contributed by atoms with E-state index >= 15 is 0 Å². The first-order valence-corrected chi connectivity index (χ1v) is 11.1. The maximum absolute atomic E-state index is 4.76. The van der Waals surface area contributed by atoms with Crippen LogP contribution in [0.4, 0.5) is 0 Å². The van der Waals surface area contributed by atoms with E-state index in [9.17, 15) is 0 Å². The largest absolute Gasteiger partial charge is 0.357 e. The van der Waals surface area contributed by atoms with E-state index in [4.69, 9.17) is 4.99 Å². The molecule has 28 heavy (non-hydrogen) atoms. The smallest absolute Gasteiger partial charge is 0.191 e. The van der Waals surface area contributed by atoms with Gasteiger partial charge in [-0.3, -0.25) is 9.89 Å². The summed E-state index contributed by atoms with van der Waals surface area (Å²) in [7, 11) is 2.23. The summed E-state index contributed by atoms with van der Waals surface area (Å²) < 4.78 is 0. The molecule has 0 spiro atoms. The average Bonchev–Trinajstić information content (AvgIpc) is 2.82. The summed E-state index contributed by atoms with van der Waals surface area (Å²) >= 11 is 0. The highest BCUT2D eigenvalue weighted by Gasteiger charge is 2.13. The first kappa shape index (κ1) is 27.9. The Morgan fingerprint density at radius 3 is 2.36 bits per heavy atom. The summed E-state index contributed by atoms with van der Waals surface area (Å²) in [5.74, 6) is 0.966. The van der Waals surface area contributed by atoms with Crippen molar-refractivity contribution in [2.75, 3.05) is 66.0 Å². The van der Waals surface area contributed by atoms with Gasteiger partial charge in [0.05, 0.1) is 0 Å². The molecule has 2 N–H and O–H groups in total. The molecule has 0 aromatic rings. The van der Waals surface area contributed by atoms with Gasteiger partial charge in [0.25, 0.3) is 0 Å². The Morgan fingerprint density at radius 1 is 1.00 bits per heavy atom. The van der Waals surface area contributed by atoms with Gasteiger partial charge in [-0.05, 0) is 80.6 Å². The second-order valence-electron chi connectivity index (χ2n) is 8.32. The van der Waals surface area contributed by atoms with Gasteiger partial charge in [0.2, 0.25) is 0 Å². The van der Waals surface area contributed by atoms with Crippen molar-refractivity contribution in [2.45, 2.75) is 66.0 Å². The zero-order valence-electron chi connectivity index (χ0n) is 19.3. The van der Waals surface area contributed by atoms with E-state index in [0.717, 1.165) is 38.6 Å². The van der Waals surface area contributed by atoms with E-state index in [2.05, 4.69) is 67.0 Å². The van der Waals surface area contributed by atoms with Crippen LogP contribution >= 0.6 is 24.0 Å². The summed E-state index contributed by atoms with van der Waals surface area (Å²) in [4.78, 5) is 12.3. The molecule has 0 bridgehead atoms. The van der Waals surface area contributed by atoms with Crippen LogP contribution in [0.5, 0.6) is 0 Å². The normalized spacial score (nSPS) is 17.1. The summed E-state index contributed by atoms with van der Waals surface area (Å²) in [6, 6.07) is 1.19. The number of halogens is 1. The lowest BCUT2D eigenvalue weighted by molar-refractivity contribution is 0.174. The molecule has 1 heterocycles. The van der Waals surface area contributed by atoms with Crippen LogP contribution in [0.3, 0.4) is 0 Å². The zero-order chi connectivity index (χ0) is 20.1. The summed E-state index contributed by atoms with van der Waals surface area (Å²) in [6.45, 7) is 21.2.